The minimum absolute atomic E-state index is 0.144. The van der Waals surface area contributed by atoms with Gasteiger partial charge >= 0.3 is 19.8 Å². The molecule has 0 bridgehead atoms. The predicted molar refractivity (Wildman–Crippen MR) is 176 cm³/mol. The fourth-order valence-corrected chi connectivity index (χ4v) is 5.04. The Bertz CT molecular complexity index is 880. The van der Waals surface area contributed by atoms with Crippen LogP contribution in [0.2, 0.25) is 0 Å². The van der Waals surface area contributed by atoms with Gasteiger partial charge in [0.15, 0.2) is 6.04 Å². The number of carbonyl (C=O) groups is 3. The van der Waals surface area contributed by atoms with E-state index in [2.05, 4.69) is 43.5 Å². The number of amides is 1. The van der Waals surface area contributed by atoms with Crippen LogP contribution in [0.5, 0.6) is 0 Å². The van der Waals surface area contributed by atoms with Crippen molar-refractivity contribution in [1.82, 2.24) is 5.32 Å². The molecular weight excluding hydrogens is 601 g/mol. The molecule has 0 aromatic heterocycles. The van der Waals surface area contributed by atoms with E-state index in [0.29, 0.717) is 12.8 Å². The molecule has 0 radical (unpaired) electrons. The van der Waals surface area contributed by atoms with Crippen molar-refractivity contribution in [3.63, 3.8) is 0 Å². The first kappa shape index (κ1) is 43.0. The molecule has 0 saturated carbocycles. The Morgan fingerprint density at radius 1 is 0.711 bits per heavy atom. The summed E-state index contributed by atoms with van der Waals surface area (Å²) in [5.41, 5.74) is 0. The van der Waals surface area contributed by atoms with Gasteiger partial charge in [0.2, 0.25) is 5.91 Å². The van der Waals surface area contributed by atoms with E-state index < -0.39 is 57.6 Å². The molecule has 3 unspecified atom stereocenters. The summed E-state index contributed by atoms with van der Waals surface area (Å²) >= 11 is 0. The zero-order valence-corrected chi connectivity index (χ0v) is 28.6. The molecule has 0 saturated heterocycles. The van der Waals surface area contributed by atoms with Crippen molar-refractivity contribution in [1.29, 1.82) is 0 Å². The van der Waals surface area contributed by atoms with E-state index in [9.17, 15) is 34.1 Å². The zero-order valence-electron chi connectivity index (χ0n) is 27.7. The van der Waals surface area contributed by atoms with E-state index in [1.54, 1.807) is 0 Å². The average molecular weight is 662 g/mol. The van der Waals surface area contributed by atoms with Crippen molar-refractivity contribution in [3.05, 3.63) is 24.3 Å². The fourth-order valence-electron chi connectivity index (χ4n) is 4.27. The monoisotopic (exact) mass is 661 g/mol. The van der Waals surface area contributed by atoms with Crippen LogP contribution < -0.4 is 5.32 Å². The first-order chi connectivity index (χ1) is 21.6. The van der Waals surface area contributed by atoms with Crippen molar-refractivity contribution in [2.24, 2.45) is 0 Å². The molecule has 0 aromatic rings. The number of ether oxygens (including phenoxy) is 1. The van der Waals surface area contributed by atoms with Crippen LogP contribution in [0.25, 0.3) is 0 Å². The Balaban J connectivity index is 4.00. The molecule has 45 heavy (non-hydrogen) atoms. The summed E-state index contributed by atoms with van der Waals surface area (Å²) in [7, 11) is -4.74. The number of nitrogens with one attached hydrogen (secondary N) is 1. The maximum absolute atomic E-state index is 12.1. The highest BCUT2D eigenvalue weighted by Crippen LogP contribution is 2.43. The Morgan fingerprint density at radius 3 is 1.87 bits per heavy atom. The summed E-state index contributed by atoms with van der Waals surface area (Å²) in [4.78, 5) is 45.3. The topological polar surface area (TPSA) is 169 Å². The van der Waals surface area contributed by atoms with Gasteiger partial charge in [-0.25, -0.2) is 9.36 Å². The van der Waals surface area contributed by atoms with Crippen LogP contribution in [0, 0.1) is 0 Å². The van der Waals surface area contributed by atoms with Crippen LogP contribution in [-0.2, 0) is 32.7 Å². The number of phosphoric ester groups is 1. The van der Waals surface area contributed by atoms with Crippen LogP contribution in [-0.4, -0.2) is 64.9 Å². The van der Waals surface area contributed by atoms with E-state index in [4.69, 9.17) is 13.8 Å². The summed E-state index contributed by atoms with van der Waals surface area (Å²) in [6.45, 7) is 2.43. The number of carbonyl (C=O) groups excluding carboxylic acids is 2. The van der Waals surface area contributed by atoms with E-state index in [1.165, 1.54) is 19.3 Å². The third-order valence-electron chi connectivity index (χ3n) is 6.99. The van der Waals surface area contributed by atoms with Crippen LogP contribution in [0.3, 0.4) is 0 Å². The number of aliphatic hydroxyl groups is 1. The molecular formula is C33H60NO10P. The van der Waals surface area contributed by atoms with Gasteiger partial charge in [0.1, 0.15) is 12.7 Å². The molecule has 4 N–H and O–H groups in total. The summed E-state index contributed by atoms with van der Waals surface area (Å²) in [5, 5.41) is 21.6. The summed E-state index contributed by atoms with van der Waals surface area (Å²) in [5.74, 6) is -2.40. The van der Waals surface area contributed by atoms with E-state index in [-0.39, 0.29) is 12.8 Å². The maximum atomic E-state index is 12.1. The highest BCUT2D eigenvalue weighted by molar-refractivity contribution is 7.47. The molecule has 0 spiro atoms. The molecule has 0 aliphatic heterocycles. The van der Waals surface area contributed by atoms with Gasteiger partial charge in [-0.1, -0.05) is 109 Å². The SMILES string of the molecule is CCCC/C=C\C/C=C\CCCCCCCC(=O)OCC(O)COP(=O)(O)OCC(NC(=O)CCCCCCCCC)C(=O)O. The van der Waals surface area contributed by atoms with Crippen LogP contribution in [0.15, 0.2) is 24.3 Å². The molecule has 0 fully saturated rings. The molecule has 0 heterocycles. The molecule has 0 aliphatic carbocycles. The number of aliphatic hydroxyl groups excluding tert-OH is 1. The number of carboxylic acid groups (broad SMARTS) is 1. The van der Waals surface area contributed by atoms with Gasteiger partial charge in [0.25, 0.3) is 0 Å². The van der Waals surface area contributed by atoms with Crippen molar-refractivity contribution in [2.45, 2.75) is 148 Å². The Kier molecular flexibility index (Phi) is 28.0. The Labute approximate surface area is 270 Å². The maximum Gasteiger partial charge on any atom is 0.472 e. The lowest BCUT2D eigenvalue weighted by molar-refractivity contribution is -0.147. The molecule has 3 atom stereocenters. The van der Waals surface area contributed by atoms with Gasteiger partial charge in [-0.15, -0.1) is 0 Å². The standard InChI is InChI=1S/C33H60NO10P/c1-3-5-7-9-11-12-13-14-15-16-17-19-21-23-25-32(37)42-26-29(35)27-43-45(40,41)44-28-30(33(38)39)34-31(36)24-22-20-18-10-8-6-4-2/h9,11,13-14,29-30,35H,3-8,10,12,15-28H2,1-2H3,(H,34,36)(H,38,39)(H,40,41)/b11-9-,14-13-. The molecule has 12 heteroatoms. The fraction of sp³-hybridized carbons (Fsp3) is 0.788. The second kappa shape index (κ2) is 29.4. The van der Waals surface area contributed by atoms with Crippen LogP contribution in [0.1, 0.15) is 136 Å². The van der Waals surface area contributed by atoms with Gasteiger partial charge < -0.3 is 25.2 Å². The van der Waals surface area contributed by atoms with Crippen LogP contribution >= 0.6 is 7.82 Å². The number of unbranched alkanes of at least 4 members (excludes halogenated alkanes) is 13. The summed E-state index contributed by atoms with van der Waals surface area (Å²) < 4.78 is 26.5. The van der Waals surface area contributed by atoms with Crippen molar-refractivity contribution < 1.29 is 47.8 Å². The summed E-state index contributed by atoms with van der Waals surface area (Å²) in [6, 6.07) is -1.54. The number of hydrogen-bond acceptors (Lipinski definition) is 8. The second-order valence-electron chi connectivity index (χ2n) is 11.4. The number of aliphatic carboxylic acids is 1. The number of rotatable bonds is 31. The first-order valence-corrected chi connectivity index (χ1v) is 18.4. The third kappa shape index (κ3) is 29.1. The molecule has 0 aliphatic rings. The largest absolute Gasteiger partial charge is 0.480 e. The lowest BCUT2D eigenvalue weighted by Crippen LogP contribution is -2.43. The van der Waals surface area contributed by atoms with E-state index in [0.717, 1.165) is 77.0 Å². The van der Waals surface area contributed by atoms with E-state index >= 15 is 0 Å². The number of esters is 1. The third-order valence-corrected chi connectivity index (χ3v) is 7.94. The highest BCUT2D eigenvalue weighted by Gasteiger charge is 2.28. The first-order valence-electron chi connectivity index (χ1n) is 16.9. The average Bonchev–Trinajstić information content (AvgIpc) is 3.00. The minimum atomic E-state index is -4.74. The van der Waals surface area contributed by atoms with Crippen molar-refractivity contribution in [2.75, 3.05) is 19.8 Å². The lowest BCUT2D eigenvalue weighted by Gasteiger charge is -2.18. The van der Waals surface area contributed by atoms with Gasteiger partial charge in [-0.2, -0.15) is 0 Å². The molecule has 262 valence electrons. The van der Waals surface area contributed by atoms with Crippen LogP contribution in [0.4, 0.5) is 0 Å². The number of allylic oxidation sites excluding steroid dienone is 4. The number of carboxylic acids is 1. The molecule has 0 rings (SSSR count). The van der Waals surface area contributed by atoms with Gasteiger partial charge in [-0.3, -0.25) is 18.6 Å². The Morgan fingerprint density at radius 2 is 1.24 bits per heavy atom. The van der Waals surface area contributed by atoms with E-state index in [1.807, 2.05) is 0 Å². The molecule has 0 aromatic carbocycles. The molecule has 11 nitrogen and oxygen atoms in total. The second-order valence-corrected chi connectivity index (χ2v) is 12.8. The van der Waals surface area contributed by atoms with Crippen molar-refractivity contribution in [3.8, 4) is 0 Å². The molecule has 1 amide bonds. The number of phosphoric acid groups is 1. The smallest absolute Gasteiger partial charge is 0.472 e. The Hall–Kier alpha value is -2.04. The van der Waals surface area contributed by atoms with Gasteiger partial charge in [0, 0.05) is 12.8 Å². The van der Waals surface area contributed by atoms with Gasteiger partial charge in [0.05, 0.1) is 13.2 Å². The van der Waals surface area contributed by atoms with Gasteiger partial charge in [-0.05, 0) is 38.5 Å². The van der Waals surface area contributed by atoms with Crippen molar-refractivity contribution >= 4 is 25.7 Å². The normalized spacial score (nSPS) is 14.4. The zero-order chi connectivity index (χ0) is 33.6. The lowest BCUT2D eigenvalue weighted by atomic mass is 10.1. The highest BCUT2D eigenvalue weighted by atomic mass is 31.2. The predicted octanol–water partition coefficient (Wildman–Crippen LogP) is 7.16. The quantitative estimate of drug-likeness (QED) is 0.0259. The minimum Gasteiger partial charge on any atom is -0.480 e. The summed E-state index contributed by atoms with van der Waals surface area (Å²) in [6.07, 6.45) is 25.3. The number of hydrogen-bond donors (Lipinski definition) is 4.